The van der Waals surface area contributed by atoms with Gasteiger partial charge >= 0.3 is 5.95 Å². The lowest BCUT2D eigenvalue weighted by atomic mass is 10.2. The van der Waals surface area contributed by atoms with Gasteiger partial charge in [0.15, 0.2) is 0 Å². The van der Waals surface area contributed by atoms with Gasteiger partial charge in [0.1, 0.15) is 6.20 Å². The van der Waals surface area contributed by atoms with Gasteiger partial charge in [-0.15, -0.1) is 0 Å². The quantitative estimate of drug-likeness (QED) is 0.854. The zero-order valence-electron chi connectivity index (χ0n) is 8.24. The monoisotopic (exact) mass is 267 g/mol. The van der Waals surface area contributed by atoms with E-state index in [-0.39, 0.29) is 0 Å². The van der Waals surface area contributed by atoms with Crippen LogP contribution in [0.4, 0.5) is 0 Å². The molecule has 0 spiro atoms. The first-order valence-corrected chi connectivity index (χ1v) is 5.43. The number of nitrogens with zero attached hydrogens (tertiary/aromatic N) is 1. The SMILES string of the molecule is CCOc1cnc(-c2cccc(Br)c2)o1. The fourth-order valence-electron chi connectivity index (χ4n) is 1.22. The number of ether oxygens (including phenoxy) is 1. The molecule has 2 aromatic rings. The molecular weight excluding hydrogens is 258 g/mol. The Bertz CT molecular complexity index is 453. The highest BCUT2D eigenvalue weighted by Crippen LogP contribution is 2.25. The van der Waals surface area contributed by atoms with Crippen LogP contribution in [0.1, 0.15) is 6.92 Å². The van der Waals surface area contributed by atoms with Crippen LogP contribution in [-0.2, 0) is 0 Å². The summed E-state index contributed by atoms with van der Waals surface area (Å²) in [5.74, 6) is 1.02. The van der Waals surface area contributed by atoms with Crippen LogP contribution in [0, 0.1) is 0 Å². The number of hydrogen-bond donors (Lipinski definition) is 0. The Balaban J connectivity index is 2.29. The van der Waals surface area contributed by atoms with Crippen molar-refractivity contribution in [3.05, 3.63) is 34.9 Å². The van der Waals surface area contributed by atoms with Gasteiger partial charge in [-0.2, -0.15) is 0 Å². The number of oxazole rings is 1. The maximum absolute atomic E-state index is 5.41. The minimum absolute atomic E-state index is 0.451. The van der Waals surface area contributed by atoms with E-state index in [0.29, 0.717) is 18.4 Å². The summed E-state index contributed by atoms with van der Waals surface area (Å²) in [4.78, 5) is 4.13. The van der Waals surface area contributed by atoms with Gasteiger partial charge < -0.3 is 9.15 Å². The second-order valence-electron chi connectivity index (χ2n) is 2.93. The topological polar surface area (TPSA) is 35.3 Å². The van der Waals surface area contributed by atoms with Crippen molar-refractivity contribution in [1.82, 2.24) is 4.98 Å². The minimum atomic E-state index is 0.451. The van der Waals surface area contributed by atoms with Crippen molar-refractivity contribution in [2.24, 2.45) is 0 Å². The first kappa shape index (κ1) is 10.2. The molecule has 0 radical (unpaired) electrons. The summed E-state index contributed by atoms with van der Waals surface area (Å²) in [7, 11) is 0. The van der Waals surface area contributed by atoms with Crippen LogP contribution in [0.25, 0.3) is 11.5 Å². The molecule has 3 nitrogen and oxygen atoms in total. The Morgan fingerprint density at radius 3 is 3.07 bits per heavy atom. The lowest BCUT2D eigenvalue weighted by Crippen LogP contribution is -1.87. The highest BCUT2D eigenvalue weighted by atomic mass is 79.9. The molecule has 78 valence electrons. The van der Waals surface area contributed by atoms with E-state index < -0.39 is 0 Å². The first-order valence-electron chi connectivity index (χ1n) is 4.64. The molecule has 1 aromatic heterocycles. The van der Waals surface area contributed by atoms with Gasteiger partial charge in [0.05, 0.1) is 6.61 Å². The van der Waals surface area contributed by atoms with Crippen molar-refractivity contribution in [3.63, 3.8) is 0 Å². The lowest BCUT2D eigenvalue weighted by molar-refractivity contribution is 0.260. The van der Waals surface area contributed by atoms with Crippen molar-refractivity contribution in [2.75, 3.05) is 6.61 Å². The van der Waals surface area contributed by atoms with Crippen LogP contribution in [0.15, 0.2) is 39.4 Å². The highest BCUT2D eigenvalue weighted by molar-refractivity contribution is 9.10. The van der Waals surface area contributed by atoms with E-state index in [4.69, 9.17) is 9.15 Å². The van der Waals surface area contributed by atoms with Crippen LogP contribution in [0.2, 0.25) is 0 Å². The molecule has 0 saturated heterocycles. The smallest absolute Gasteiger partial charge is 0.305 e. The number of aromatic nitrogens is 1. The molecule has 0 aliphatic heterocycles. The first-order chi connectivity index (χ1) is 7.29. The summed E-state index contributed by atoms with van der Waals surface area (Å²) < 4.78 is 11.6. The van der Waals surface area contributed by atoms with Crippen LogP contribution < -0.4 is 4.74 Å². The molecule has 0 aliphatic carbocycles. The Morgan fingerprint density at radius 2 is 2.33 bits per heavy atom. The summed E-state index contributed by atoms with van der Waals surface area (Å²) in [5, 5.41) is 0. The Morgan fingerprint density at radius 1 is 1.47 bits per heavy atom. The van der Waals surface area contributed by atoms with Crippen LogP contribution in [0.5, 0.6) is 5.95 Å². The molecular formula is C11H10BrNO2. The zero-order valence-corrected chi connectivity index (χ0v) is 9.82. The molecule has 0 aliphatic rings. The van der Waals surface area contributed by atoms with E-state index in [2.05, 4.69) is 20.9 Å². The molecule has 0 atom stereocenters. The summed E-state index contributed by atoms with van der Waals surface area (Å²) in [6, 6.07) is 7.77. The molecule has 0 unspecified atom stereocenters. The maximum Gasteiger partial charge on any atom is 0.305 e. The van der Waals surface area contributed by atoms with Gasteiger partial charge in [-0.05, 0) is 25.1 Å². The van der Waals surface area contributed by atoms with Crippen molar-refractivity contribution in [3.8, 4) is 17.4 Å². The van der Waals surface area contributed by atoms with Crippen LogP contribution >= 0.6 is 15.9 Å². The molecule has 15 heavy (non-hydrogen) atoms. The van der Waals surface area contributed by atoms with E-state index in [1.807, 2.05) is 31.2 Å². The fraction of sp³-hybridized carbons (Fsp3) is 0.182. The Hall–Kier alpha value is -1.29. The van der Waals surface area contributed by atoms with Gasteiger partial charge in [-0.25, -0.2) is 4.98 Å². The predicted octanol–water partition coefficient (Wildman–Crippen LogP) is 3.50. The maximum atomic E-state index is 5.41. The summed E-state index contributed by atoms with van der Waals surface area (Å²) in [6.07, 6.45) is 1.58. The second kappa shape index (κ2) is 4.49. The highest BCUT2D eigenvalue weighted by Gasteiger charge is 2.06. The number of halogens is 1. The Kier molecular flexibility index (Phi) is 3.06. The van der Waals surface area contributed by atoms with E-state index in [0.717, 1.165) is 10.0 Å². The third-order valence-corrected chi connectivity index (χ3v) is 2.34. The number of hydrogen-bond acceptors (Lipinski definition) is 3. The number of rotatable bonds is 3. The summed E-state index contributed by atoms with van der Waals surface area (Å²) in [5.41, 5.74) is 0.926. The van der Waals surface area contributed by atoms with E-state index in [9.17, 15) is 0 Å². The van der Waals surface area contributed by atoms with Crippen molar-refractivity contribution < 1.29 is 9.15 Å². The molecule has 0 N–H and O–H groups in total. The molecule has 0 saturated carbocycles. The van der Waals surface area contributed by atoms with Gasteiger partial charge in [-0.1, -0.05) is 22.0 Å². The van der Waals surface area contributed by atoms with E-state index in [1.165, 1.54) is 0 Å². The van der Waals surface area contributed by atoms with Crippen LogP contribution in [0.3, 0.4) is 0 Å². The van der Waals surface area contributed by atoms with Crippen molar-refractivity contribution >= 4 is 15.9 Å². The number of benzene rings is 1. The summed E-state index contributed by atoms with van der Waals surface area (Å²) in [6.45, 7) is 2.48. The molecule has 1 heterocycles. The van der Waals surface area contributed by atoms with E-state index in [1.54, 1.807) is 6.20 Å². The van der Waals surface area contributed by atoms with Gasteiger partial charge in [0.25, 0.3) is 0 Å². The van der Waals surface area contributed by atoms with Crippen molar-refractivity contribution in [1.29, 1.82) is 0 Å². The third kappa shape index (κ3) is 2.39. The lowest BCUT2D eigenvalue weighted by Gasteiger charge is -1.97. The molecule has 0 amide bonds. The standard InChI is InChI=1S/C11H10BrNO2/c1-2-14-10-7-13-11(15-10)8-4-3-5-9(12)6-8/h3-7H,2H2,1H3. The van der Waals surface area contributed by atoms with Gasteiger partial charge in [0.2, 0.25) is 5.89 Å². The van der Waals surface area contributed by atoms with E-state index >= 15 is 0 Å². The van der Waals surface area contributed by atoms with Gasteiger partial charge in [0, 0.05) is 10.0 Å². The normalized spacial score (nSPS) is 10.3. The van der Waals surface area contributed by atoms with Crippen molar-refractivity contribution in [2.45, 2.75) is 6.92 Å². The average molecular weight is 268 g/mol. The zero-order chi connectivity index (χ0) is 10.7. The minimum Gasteiger partial charge on any atom is -0.464 e. The molecule has 0 fully saturated rings. The predicted molar refractivity (Wildman–Crippen MR) is 60.8 cm³/mol. The molecule has 2 rings (SSSR count). The molecule has 0 bridgehead atoms. The summed E-state index contributed by atoms with van der Waals surface area (Å²) >= 11 is 3.40. The van der Waals surface area contributed by atoms with Gasteiger partial charge in [-0.3, -0.25) is 0 Å². The largest absolute Gasteiger partial charge is 0.464 e. The Labute approximate surface area is 96.2 Å². The van der Waals surface area contributed by atoms with Crippen LogP contribution in [-0.4, -0.2) is 11.6 Å². The molecule has 4 heteroatoms. The average Bonchev–Trinajstić information content (AvgIpc) is 2.67. The second-order valence-corrected chi connectivity index (χ2v) is 3.84. The molecule has 1 aromatic carbocycles. The fourth-order valence-corrected chi connectivity index (χ4v) is 1.62. The third-order valence-electron chi connectivity index (χ3n) is 1.84.